The molecule has 0 radical (unpaired) electrons. The van der Waals surface area contributed by atoms with Crippen molar-refractivity contribution >= 4 is 51.3 Å². The van der Waals surface area contributed by atoms with Crippen molar-refractivity contribution in [2.45, 2.75) is 20.0 Å². The monoisotopic (exact) mass is 331 g/mol. The van der Waals surface area contributed by atoms with Crippen molar-refractivity contribution in [2.24, 2.45) is 0 Å². The Morgan fingerprint density at radius 3 is 1.90 bits per heavy atom. The molecule has 0 aliphatic rings. The Labute approximate surface area is 130 Å². The third-order valence-corrected chi connectivity index (χ3v) is 2.80. The highest BCUT2D eigenvalue weighted by Gasteiger charge is 2.17. The first-order valence-electron chi connectivity index (χ1n) is 5.73. The highest BCUT2D eigenvalue weighted by atomic mass is 35.5. The van der Waals surface area contributed by atoms with Gasteiger partial charge in [0.15, 0.2) is 6.10 Å². The predicted molar refractivity (Wildman–Crippen MR) is 76.7 cm³/mol. The van der Waals surface area contributed by atoms with Crippen LogP contribution < -0.4 is 5.32 Å². The molecule has 21 heavy (non-hydrogen) atoms. The zero-order chi connectivity index (χ0) is 16.2. The van der Waals surface area contributed by atoms with E-state index in [4.69, 9.17) is 27.9 Å². The SMILES string of the molecule is CC(=O)OC(C)C(=O)Nc1cc(C(=O)Cl)cc(C(=O)Cl)c1. The molecule has 1 atom stereocenters. The molecule has 1 amide bonds. The summed E-state index contributed by atoms with van der Waals surface area (Å²) in [5.74, 6) is -1.24. The minimum Gasteiger partial charge on any atom is -0.453 e. The first-order valence-corrected chi connectivity index (χ1v) is 6.49. The fourth-order valence-corrected chi connectivity index (χ4v) is 1.69. The van der Waals surface area contributed by atoms with Crippen LogP contribution in [-0.2, 0) is 14.3 Å². The van der Waals surface area contributed by atoms with Gasteiger partial charge in [0.1, 0.15) is 0 Å². The van der Waals surface area contributed by atoms with E-state index in [2.05, 4.69) is 5.32 Å². The third-order valence-electron chi connectivity index (χ3n) is 2.37. The molecule has 0 bridgehead atoms. The number of rotatable bonds is 5. The highest BCUT2D eigenvalue weighted by molar-refractivity contribution is 6.69. The lowest BCUT2D eigenvalue weighted by molar-refractivity contribution is -0.150. The third kappa shape index (κ3) is 5.17. The molecule has 1 N–H and O–H groups in total. The van der Waals surface area contributed by atoms with Gasteiger partial charge in [0.25, 0.3) is 16.4 Å². The van der Waals surface area contributed by atoms with Gasteiger partial charge >= 0.3 is 5.97 Å². The van der Waals surface area contributed by atoms with Gasteiger partial charge in [-0.1, -0.05) is 0 Å². The molecule has 0 aromatic heterocycles. The van der Waals surface area contributed by atoms with Crippen molar-refractivity contribution in [1.29, 1.82) is 0 Å². The Morgan fingerprint density at radius 2 is 1.52 bits per heavy atom. The second-order valence-corrected chi connectivity index (χ2v) is 4.77. The summed E-state index contributed by atoms with van der Waals surface area (Å²) in [7, 11) is 0. The van der Waals surface area contributed by atoms with Crippen molar-refractivity contribution in [3.63, 3.8) is 0 Å². The number of nitrogens with one attached hydrogen (secondary N) is 1. The summed E-state index contributed by atoms with van der Waals surface area (Å²) in [5, 5.41) is 0.785. The van der Waals surface area contributed by atoms with Crippen molar-refractivity contribution in [2.75, 3.05) is 5.32 Å². The molecule has 0 fully saturated rings. The number of anilines is 1. The van der Waals surface area contributed by atoms with Crippen molar-refractivity contribution in [3.05, 3.63) is 29.3 Å². The van der Waals surface area contributed by atoms with Crippen LogP contribution in [0.2, 0.25) is 0 Å². The van der Waals surface area contributed by atoms with Gasteiger partial charge in [-0.25, -0.2) is 0 Å². The van der Waals surface area contributed by atoms with Crippen molar-refractivity contribution in [3.8, 4) is 0 Å². The van der Waals surface area contributed by atoms with E-state index in [0.29, 0.717) is 0 Å². The minimum atomic E-state index is -1.03. The smallest absolute Gasteiger partial charge is 0.303 e. The second-order valence-electron chi connectivity index (χ2n) is 4.09. The topological polar surface area (TPSA) is 89.5 Å². The quantitative estimate of drug-likeness (QED) is 0.660. The van der Waals surface area contributed by atoms with E-state index in [1.54, 1.807) is 0 Å². The van der Waals surface area contributed by atoms with Gasteiger partial charge in [-0.15, -0.1) is 0 Å². The van der Waals surface area contributed by atoms with Crippen LogP contribution in [0.15, 0.2) is 18.2 Å². The summed E-state index contributed by atoms with van der Waals surface area (Å²) >= 11 is 10.7. The van der Waals surface area contributed by atoms with Crippen molar-refractivity contribution < 1.29 is 23.9 Å². The Bertz CT molecular complexity index is 582. The summed E-state index contributed by atoms with van der Waals surface area (Å²) in [6.45, 7) is 2.54. The maximum absolute atomic E-state index is 11.8. The number of hydrogen-bond acceptors (Lipinski definition) is 5. The van der Waals surface area contributed by atoms with E-state index >= 15 is 0 Å². The molecule has 0 heterocycles. The van der Waals surface area contributed by atoms with Gasteiger partial charge < -0.3 is 10.1 Å². The lowest BCUT2D eigenvalue weighted by atomic mass is 10.1. The predicted octanol–water partition coefficient (Wildman–Crippen LogP) is 2.33. The van der Waals surface area contributed by atoms with E-state index in [9.17, 15) is 19.2 Å². The van der Waals surface area contributed by atoms with Gasteiger partial charge in [-0.3, -0.25) is 19.2 Å². The van der Waals surface area contributed by atoms with Crippen LogP contribution in [0, 0.1) is 0 Å². The maximum atomic E-state index is 11.8. The van der Waals surface area contributed by atoms with Crippen LogP contribution in [0.3, 0.4) is 0 Å². The van der Waals surface area contributed by atoms with Gasteiger partial charge in [-0.05, 0) is 48.3 Å². The average Bonchev–Trinajstić information content (AvgIpc) is 2.37. The number of esters is 1. The fraction of sp³-hybridized carbons (Fsp3) is 0.231. The van der Waals surface area contributed by atoms with Crippen LogP contribution in [0.5, 0.6) is 0 Å². The zero-order valence-electron chi connectivity index (χ0n) is 11.1. The summed E-state index contributed by atoms with van der Waals surface area (Å²) in [4.78, 5) is 44.9. The van der Waals surface area contributed by atoms with E-state index in [0.717, 1.165) is 0 Å². The number of hydrogen-bond donors (Lipinski definition) is 1. The summed E-state index contributed by atoms with van der Waals surface area (Å²) in [5.41, 5.74) is 0.131. The summed E-state index contributed by atoms with van der Waals surface area (Å²) in [6.07, 6.45) is -1.03. The maximum Gasteiger partial charge on any atom is 0.303 e. The van der Waals surface area contributed by atoms with E-state index in [1.165, 1.54) is 32.0 Å². The van der Waals surface area contributed by atoms with Crippen molar-refractivity contribution in [1.82, 2.24) is 0 Å². The number of benzene rings is 1. The number of carbonyl (C=O) groups is 4. The fourth-order valence-electron chi connectivity index (χ4n) is 1.47. The molecule has 8 heteroatoms. The van der Waals surface area contributed by atoms with E-state index in [-0.39, 0.29) is 16.8 Å². The average molecular weight is 332 g/mol. The Hall–Kier alpha value is -1.92. The van der Waals surface area contributed by atoms with Crippen LogP contribution in [-0.4, -0.2) is 28.5 Å². The van der Waals surface area contributed by atoms with Gasteiger partial charge in [0, 0.05) is 23.7 Å². The Kier molecular flexibility index (Phi) is 5.87. The Balaban J connectivity index is 3.02. The van der Waals surface area contributed by atoms with Crippen LogP contribution >= 0.6 is 23.2 Å². The molecule has 1 unspecified atom stereocenters. The molecule has 0 aliphatic heterocycles. The molecule has 1 aromatic carbocycles. The van der Waals surface area contributed by atoms with Gasteiger partial charge in [0.2, 0.25) is 0 Å². The van der Waals surface area contributed by atoms with Crippen LogP contribution in [0.1, 0.15) is 34.6 Å². The van der Waals surface area contributed by atoms with Crippen LogP contribution in [0.25, 0.3) is 0 Å². The highest BCUT2D eigenvalue weighted by Crippen LogP contribution is 2.19. The number of amides is 1. The van der Waals surface area contributed by atoms with Gasteiger partial charge in [-0.2, -0.15) is 0 Å². The molecule has 0 saturated heterocycles. The summed E-state index contributed by atoms with van der Waals surface area (Å²) in [6, 6.07) is 3.75. The minimum absolute atomic E-state index is 0.00129. The molecular formula is C13H11Cl2NO5. The summed E-state index contributed by atoms with van der Waals surface area (Å²) < 4.78 is 4.70. The number of ether oxygens (including phenoxy) is 1. The van der Waals surface area contributed by atoms with E-state index in [1.807, 2.05) is 0 Å². The Morgan fingerprint density at radius 1 is 1.05 bits per heavy atom. The standard InChI is InChI=1S/C13H11Cl2NO5/c1-6(21-7(2)17)13(20)16-10-4-8(11(14)18)3-9(5-10)12(15)19/h3-6H,1-2H3,(H,16,20). The molecule has 1 rings (SSSR count). The lowest BCUT2D eigenvalue weighted by Gasteiger charge is -2.13. The first-order chi connectivity index (χ1) is 9.70. The molecular weight excluding hydrogens is 321 g/mol. The number of halogens is 2. The first kappa shape index (κ1) is 17.1. The zero-order valence-corrected chi connectivity index (χ0v) is 12.6. The number of carbonyl (C=O) groups excluding carboxylic acids is 4. The molecule has 6 nitrogen and oxygen atoms in total. The van der Waals surface area contributed by atoms with Crippen LogP contribution in [0.4, 0.5) is 5.69 Å². The normalized spacial score (nSPS) is 11.4. The lowest BCUT2D eigenvalue weighted by Crippen LogP contribution is -2.29. The largest absolute Gasteiger partial charge is 0.453 e. The van der Waals surface area contributed by atoms with E-state index < -0.39 is 28.5 Å². The molecule has 1 aromatic rings. The van der Waals surface area contributed by atoms with Gasteiger partial charge in [0.05, 0.1) is 0 Å². The molecule has 112 valence electrons. The molecule has 0 aliphatic carbocycles. The molecule has 0 saturated carbocycles. The molecule has 0 spiro atoms. The second kappa shape index (κ2) is 7.19.